The van der Waals surface area contributed by atoms with Crippen LogP contribution in [0, 0.1) is 6.92 Å². The Morgan fingerprint density at radius 3 is 2.29 bits per heavy atom. The number of carboxylic acids is 1. The SMILES string of the molecule is COc1c(C(C)C(=O)O)cc(Cl)c(C)c1OC. The van der Waals surface area contributed by atoms with Gasteiger partial charge in [-0.2, -0.15) is 0 Å². The highest BCUT2D eigenvalue weighted by molar-refractivity contribution is 6.31. The summed E-state index contributed by atoms with van der Waals surface area (Å²) < 4.78 is 10.4. The fraction of sp³-hybridized carbons (Fsp3) is 0.417. The number of hydrogen-bond acceptors (Lipinski definition) is 3. The maximum atomic E-state index is 11.0. The van der Waals surface area contributed by atoms with Crippen molar-refractivity contribution in [2.75, 3.05) is 14.2 Å². The van der Waals surface area contributed by atoms with E-state index in [9.17, 15) is 4.79 Å². The monoisotopic (exact) mass is 258 g/mol. The number of benzene rings is 1. The lowest BCUT2D eigenvalue weighted by Gasteiger charge is -2.18. The number of methoxy groups -OCH3 is 2. The second kappa shape index (κ2) is 5.27. The van der Waals surface area contributed by atoms with Crippen molar-refractivity contribution in [2.45, 2.75) is 19.8 Å². The van der Waals surface area contributed by atoms with Gasteiger partial charge in [0.1, 0.15) is 0 Å². The molecule has 1 atom stereocenters. The lowest BCUT2D eigenvalue weighted by Crippen LogP contribution is -2.10. The molecule has 0 aromatic heterocycles. The summed E-state index contributed by atoms with van der Waals surface area (Å²) in [6, 6.07) is 1.61. The highest BCUT2D eigenvalue weighted by Gasteiger charge is 2.24. The third-order valence-electron chi connectivity index (χ3n) is 2.69. The van der Waals surface area contributed by atoms with E-state index in [-0.39, 0.29) is 0 Å². The number of rotatable bonds is 4. The van der Waals surface area contributed by atoms with Crippen molar-refractivity contribution in [1.82, 2.24) is 0 Å². The Balaban J connectivity index is 3.49. The molecule has 0 aliphatic rings. The van der Waals surface area contributed by atoms with Gasteiger partial charge < -0.3 is 14.6 Å². The van der Waals surface area contributed by atoms with Gasteiger partial charge in [0, 0.05) is 16.1 Å². The van der Waals surface area contributed by atoms with Crippen LogP contribution in [0.1, 0.15) is 24.0 Å². The molecule has 0 heterocycles. The van der Waals surface area contributed by atoms with Crippen LogP contribution in [0.25, 0.3) is 0 Å². The largest absolute Gasteiger partial charge is 0.493 e. The van der Waals surface area contributed by atoms with Crippen molar-refractivity contribution in [3.8, 4) is 11.5 Å². The second-order valence-electron chi connectivity index (χ2n) is 3.70. The number of carbonyl (C=O) groups is 1. The Bertz CT molecular complexity index is 443. The quantitative estimate of drug-likeness (QED) is 0.902. The lowest BCUT2D eigenvalue weighted by molar-refractivity contribution is -0.138. The van der Waals surface area contributed by atoms with Gasteiger partial charge in [-0.15, -0.1) is 0 Å². The normalized spacial score (nSPS) is 12.1. The van der Waals surface area contributed by atoms with Crippen molar-refractivity contribution < 1.29 is 19.4 Å². The summed E-state index contributed by atoms with van der Waals surface area (Å²) in [5, 5.41) is 9.50. The smallest absolute Gasteiger partial charge is 0.310 e. The zero-order valence-corrected chi connectivity index (χ0v) is 11.0. The Kier molecular flexibility index (Phi) is 4.23. The van der Waals surface area contributed by atoms with Crippen molar-refractivity contribution in [2.24, 2.45) is 0 Å². The molecule has 1 unspecified atom stereocenters. The van der Waals surface area contributed by atoms with Crippen LogP contribution in [0.4, 0.5) is 0 Å². The molecule has 94 valence electrons. The second-order valence-corrected chi connectivity index (χ2v) is 4.11. The summed E-state index contributed by atoms with van der Waals surface area (Å²) in [5.41, 5.74) is 1.24. The van der Waals surface area contributed by atoms with Gasteiger partial charge in [-0.1, -0.05) is 11.6 Å². The van der Waals surface area contributed by atoms with Gasteiger partial charge in [-0.05, 0) is 19.9 Å². The number of aliphatic carboxylic acids is 1. The zero-order chi connectivity index (χ0) is 13.2. The van der Waals surface area contributed by atoms with E-state index in [1.54, 1.807) is 19.9 Å². The molecule has 0 spiro atoms. The molecule has 4 nitrogen and oxygen atoms in total. The summed E-state index contributed by atoms with van der Waals surface area (Å²) in [7, 11) is 2.97. The minimum Gasteiger partial charge on any atom is -0.493 e. The molecular weight excluding hydrogens is 244 g/mol. The van der Waals surface area contributed by atoms with Gasteiger partial charge in [-0.25, -0.2) is 0 Å². The average Bonchev–Trinajstić information content (AvgIpc) is 2.30. The number of hydrogen-bond donors (Lipinski definition) is 1. The van der Waals surface area contributed by atoms with Crippen LogP contribution in [0.2, 0.25) is 5.02 Å². The van der Waals surface area contributed by atoms with Crippen LogP contribution in [-0.2, 0) is 4.79 Å². The van der Waals surface area contributed by atoms with Crippen molar-refractivity contribution >= 4 is 17.6 Å². The van der Waals surface area contributed by atoms with E-state index in [4.69, 9.17) is 26.2 Å². The molecule has 0 saturated heterocycles. The van der Waals surface area contributed by atoms with E-state index >= 15 is 0 Å². The summed E-state index contributed by atoms with van der Waals surface area (Å²) in [5.74, 6) is -0.755. The molecular formula is C12H15ClO4. The molecule has 0 fully saturated rings. The van der Waals surface area contributed by atoms with Gasteiger partial charge >= 0.3 is 5.97 Å². The maximum absolute atomic E-state index is 11.0. The van der Waals surface area contributed by atoms with E-state index in [0.717, 1.165) is 5.56 Å². The predicted octanol–water partition coefficient (Wildman–Crippen LogP) is 2.85. The summed E-state index contributed by atoms with van der Waals surface area (Å²) >= 11 is 6.05. The molecule has 0 aliphatic carbocycles. The van der Waals surface area contributed by atoms with Crippen molar-refractivity contribution in [1.29, 1.82) is 0 Å². The third kappa shape index (κ3) is 2.47. The van der Waals surface area contributed by atoms with Gasteiger partial charge in [0.05, 0.1) is 20.1 Å². The first-order valence-corrected chi connectivity index (χ1v) is 5.45. The summed E-state index contributed by atoms with van der Waals surface area (Å²) in [6.07, 6.45) is 0. The number of carboxylic acid groups (broad SMARTS) is 1. The van der Waals surface area contributed by atoms with Crippen LogP contribution in [0.3, 0.4) is 0 Å². The van der Waals surface area contributed by atoms with Gasteiger partial charge in [-0.3, -0.25) is 4.79 Å². The van der Waals surface area contributed by atoms with E-state index in [0.29, 0.717) is 22.1 Å². The summed E-state index contributed by atoms with van der Waals surface area (Å²) in [6.45, 7) is 3.37. The highest BCUT2D eigenvalue weighted by atomic mass is 35.5. The molecule has 0 bridgehead atoms. The topological polar surface area (TPSA) is 55.8 Å². The Morgan fingerprint density at radius 1 is 1.35 bits per heavy atom. The van der Waals surface area contributed by atoms with Crippen molar-refractivity contribution in [3.05, 3.63) is 22.2 Å². The van der Waals surface area contributed by atoms with Crippen LogP contribution >= 0.6 is 11.6 Å². The van der Waals surface area contributed by atoms with Gasteiger partial charge in [0.2, 0.25) is 0 Å². The Labute approximate surface area is 105 Å². The fourth-order valence-corrected chi connectivity index (χ4v) is 1.83. The average molecular weight is 259 g/mol. The zero-order valence-electron chi connectivity index (χ0n) is 10.2. The van der Waals surface area contributed by atoms with E-state index in [1.165, 1.54) is 14.2 Å². The Morgan fingerprint density at radius 2 is 1.88 bits per heavy atom. The van der Waals surface area contributed by atoms with E-state index < -0.39 is 11.9 Å². The van der Waals surface area contributed by atoms with E-state index in [1.807, 2.05) is 0 Å². The van der Waals surface area contributed by atoms with Crippen LogP contribution in [0.5, 0.6) is 11.5 Å². The third-order valence-corrected chi connectivity index (χ3v) is 3.09. The molecule has 1 aromatic carbocycles. The minimum atomic E-state index is -0.940. The number of ether oxygens (including phenoxy) is 2. The molecule has 1 N–H and O–H groups in total. The van der Waals surface area contributed by atoms with Gasteiger partial charge in [0.25, 0.3) is 0 Å². The molecule has 5 heteroatoms. The van der Waals surface area contributed by atoms with Gasteiger partial charge in [0.15, 0.2) is 11.5 Å². The summed E-state index contributed by atoms with van der Waals surface area (Å²) in [4.78, 5) is 11.0. The molecule has 0 radical (unpaired) electrons. The molecule has 0 amide bonds. The first-order chi connectivity index (χ1) is 7.93. The van der Waals surface area contributed by atoms with E-state index in [2.05, 4.69) is 0 Å². The van der Waals surface area contributed by atoms with Crippen LogP contribution < -0.4 is 9.47 Å². The molecule has 1 rings (SSSR count). The molecule has 0 saturated carbocycles. The standard InChI is InChI=1S/C12H15ClO4/c1-6(12(14)15)8-5-9(13)7(2)10(16-3)11(8)17-4/h5-6H,1-4H3,(H,14,15). The minimum absolute atomic E-state index is 0.421. The molecule has 0 aliphatic heterocycles. The Hall–Kier alpha value is -1.42. The first-order valence-electron chi connectivity index (χ1n) is 5.07. The van der Waals surface area contributed by atoms with Crippen LogP contribution in [0.15, 0.2) is 6.07 Å². The maximum Gasteiger partial charge on any atom is 0.310 e. The van der Waals surface area contributed by atoms with Crippen molar-refractivity contribution in [3.63, 3.8) is 0 Å². The lowest BCUT2D eigenvalue weighted by atomic mass is 9.98. The predicted molar refractivity (Wildman–Crippen MR) is 65.3 cm³/mol. The molecule has 17 heavy (non-hydrogen) atoms. The molecule has 1 aromatic rings. The fourth-order valence-electron chi connectivity index (χ4n) is 1.63. The highest BCUT2D eigenvalue weighted by Crippen LogP contribution is 2.41. The number of halogens is 1. The van der Waals surface area contributed by atoms with Crippen LogP contribution in [-0.4, -0.2) is 25.3 Å². The first kappa shape index (κ1) is 13.6.